The zero-order valence-corrected chi connectivity index (χ0v) is 12.6. The van der Waals surface area contributed by atoms with Crippen LogP contribution in [0.5, 0.6) is 0 Å². The van der Waals surface area contributed by atoms with Crippen LogP contribution >= 0.6 is 0 Å². The second kappa shape index (κ2) is 7.95. The van der Waals surface area contributed by atoms with E-state index in [0.717, 1.165) is 35.1 Å². The van der Waals surface area contributed by atoms with E-state index in [0.29, 0.717) is 19.8 Å². The predicted molar refractivity (Wildman–Crippen MR) is 84.0 cm³/mol. The van der Waals surface area contributed by atoms with Crippen LogP contribution < -0.4 is 16.1 Å². The molecule has 0 saturated heterocycles. The van der Waals surface area contributed by atoms with Crippen LogP contribution in [0, 0.1) is 13.8 Å². The average molecular weight is 274 g/mol. The van der Waals surface area contributed by atoms with Gasteiger partial charge in [-0.15, -0.1) is 0 Å². The summed E-state index contributed by atoms with van der Waals surface area (Å²) in [7, 11) is 5.92. The van der Waals surface area contributed by atoms with Crippen LogP contribution in [0.3, 0.4) is 0 Å². The third kappa shape index (κ3) is 4.56. The molecule has 0 bridgehead atoms. The number of nitrogens with zero attached hydrogens (tertiary/aromatic N) is 1. The van der Waals surface area contributed by atoms with Crippen LogP contribution in [0.4, 0.5) is 10.5 Å². The molecule has 2 radical (unpaired) electrons. The highest BCUT2D eigenvalue weighted by Crippen LogP contribution is 2.17. The van der Waals surface area contributed by atoms with Crippen molar-refractivity contribution < 1.29 is 9.53 Å². The zero-order valence-electron chi connectivity index (χ0n) is 12.6. The lowest BCUT2D eigenvalue weighted by molar-refractivity contribution is 0.137. The van der Waals surface area contributed by atoms with Crippen molar-refractivity contribution in [2.24, 2.45) is 5.73 Å². The number of nitrogens with two attached hydrogens (primary N) is 1. The first kappa shape index (κ1) is 16.6. The van der Waals surface area contributed by atoms with Crippen LogP contribution in [0.1, 0.15) is 30.9 Å². The Morgan fingerprint density at radius 2 is 1.90 bits per heavy atom. The number of carbonyl (C=O) groups excluding carboxylic acids is 1. The molecule has 1 aromatic carbocycles. The van der Waals surface area contributed by atoms with Gasteiger partial charge in [-0.3, -0.25) is 4.90 Å². The Labute approximate surface area is 122 Å². The molecule has 108 valence electrons. The van der Waals surface area contributed by atoms with Gasteiger partial charge in [0.15, 0.2) is 0 Å². The molecule has 1 aromatic rings. The lowest BCUT2D eigenvalue weighted by Gasteiger charge is -2.22. The Kier molecular flexibility index (Phi) is 6.59. The van der Waals surface area contributed by atoms with Crippen molar-refractivity contribution in [3.63, 3.8) is 0 Å². The molecule has 1 rings (SSSR count). The molecule has 20 heavy (non-hydrogen) atoms. The number of aryl methyl sites for hydroxylation is 2. The van der Waals surface area contributed by atoms with Crippen LogP contribution in [-0.4, -0.2) is 33.6 Å². The molecule has 0 unspecified atom stereocenters. The Bertz CT molecular complexity index is 440. The van der Waals surface area contributed by atoms with Gasteiger partial charge in [-0.1, -0.05) is 29.9 Å². The van der Waals surface area contributed by atoms with Gasteiger partial charge in [0, 0.05) is 12.3 Å². The predicted octanol–water partition coefficient (Wildman–Crippen LogP) is 1.80. The largest absolute Gasteiger partial charge is 0.380 e. The molecule has 0 aliphatic carbocycles. The summed E-state index contributed by atoms with van der Waals surface area (Å²) in [6.07, 6.45) is 2.12. The van der Waals surface area contributed by atoms with Gasteiger partial charge in [-0.05, 0) is 32.4 Å². The molecule has 4 nitrogen and oxygen atoms in total. The fraction of sp³-hybridized carbons (Fsp3) is 0.533. The van der Waals surface area contributed by atoms with E-state index in [1.807, 2.05) is 26.0 Å². The standard InChI is InChI=1S/C15H23BN2O2/c1-4-5-7-20-8-6-18(15(17)19)13-9-11(2)14(16)12(3)10-13/h9-10H,4-8H2,1-3H3,(H2,17,19). The third-order valence-electron chi connectivity index (χ3n) is 3.26. The van der Waals surface area contributed by atoms with Crippen LogP contribution in [0.15, 0.2) is 12.1 Å². The summed E-state index contributed by atoms with van der Waals surface area (Å²) >= 11 is 0. The van der Waals surface area contributed by atoms with Gasteiger partial charge in [0.2, 0.25) is 0 Å². The average Bonchev–Trinajstić information content (AvgIpc) is 2.39. The maximum Gasteiger partial charge on any atom is 0.319 e. The smallest absolute Gasteiger partial charge is 0.319 e. The number of hydrogen-bond acceptors (Lipinski definition) is 2. The van der Waals surface area contributed by atoms with E-state index in [2.05, 4.69) is 6.92 Å². The molecule has 0 saturated carbocycles. The zero-order chi connectivity index (χ0) is 15.1. The molecule has 0 heterocycles. The van der Waals surface area contributed by atoms with E-state index in [1.165, 1.54) is 4.90 Å². The Balaban J connectivity index is 2.74. The second-order valence-electron chi connectivity index (χ2n) is 4.95. The van der Waals surface area contributed by atoms with Gasteiger partial charge >= 0.3 is 6.03 Å². The van der Waals surface area contributed by atoms with Gasteiger partial charge in [0.1, 0.15) is 7.85 Å². The Morgan fingerprint density at radius 1 is 1.30 bits per heavy atom. The fourth-order valence-electron chi connectivity index (χ4n) is 1.98. The highest BCUT2D eigenvalue weighted by Gasteiger charge is 2.13. The number of benzene rings is 1. The minimum Gasteiger partial charge on any atom is -0.380 e. The number of unbranched alkanes of at least 4 members (excludes halogenated alkanes) is 1. The van der Waals surface area contributed by atoms with Crippen molar-refractivity contribution in [2.45, 2.75) is 33.6 Å². The van der Waals surface area contributed by atoms with Crippen LogP contribution in [-0.2, 0) is 4.74 Å². The van der Waals surface area contributed by atoms with Crippen LogP contribution in [0.2, 0.25) is 0 Å². The van der Waals surface area contributed by atoms with Crippen molar-refractivity contribution in [3.8, 4) is 0 Å². The van der Waals surface area contributed by atoms with E-state index < -0.39 is 6.03 Å². The van der Waals surface area contributed by atoms with Gasteiger partial charge in [0.05, 0.1) is 13.2 Å². The lowest BCUT2D eigenvalue weighted by Crippen LogP contribution is -2.38. The number of amides is 2. The number of ether oxygens (including phenoxy) is 1. The quantitative estimate of drug-likeness (QED) is 0.609. The second-order valence-corrected chi connectivity index (χ2v) is 4.95. The number of primary amides is 1. The first-order chi connectivity index (χ1) is 9.47. The number of carbonyl (C=O) groups is 1. The maximum absolute atomic E-state index is 11.6. The summed E-state index contributed by atoms with van der Waals surface area (Å²) in [5.74, 6) is 0. The van der Waals surface area contributed by atoms with E-state index in [9.17, 15) is 4.79 Å². The first-order valence-corrected chi connectivity index (χ1v) is 6.98. The number of rotatable bonds is 7. The third-order valence-corrected chi connectivity index (χ3v) is 3.26. The molecule has 0 aliphatic heterocycles. The number of urea groups is 1. The summed E-state index contributed by atoms with van der Waals surface area (Å²) in [6.45, 7) is 7.58. The molecule has 0 aromatic heterocycles. The first-order valence-electron chi connectivity index (χ1n) is 6.98. The molecule has 0 aliphatic rings. The van der Waals surface area contributed by atoms with Gasteiger partial charge in [-0.2, -0.15) is 0 Å². The monoisotopic (exact) mass is 274 g/mol. The molecule has 2 N–H and O–H groups in total. The van der Waals surface area contributed by atoms with Crippen molar-refractivity contribution >= 4 is 25.0 Å². The SMILES string of the molecule is [B]c1c(C)cc(N(CCOCCCC)C(N)=O)cc1C. The van der Waals surface area contributed by atoms with Crippen molar-refractivity contribution in [2.75, 3.05) is 24.7 Å². The Hall–Kier alpha value is -1.49. The maximum atomic E-state index is 11.6. The number of hydrogen-bond donors (Lipinski definition) is 1. The lowest BCUT2D eigenvalue weighted by atomic mass is 9.86. The van der Waals surface area contributed by atoms with Crippen molar-refractivity contribution in [1.29, 1.82) is 0 Å². The summed E-state index contributed by atoms with van der Waals surface area (Å²) in [5, 5.41) is 0. The summed E-state index contributed by atoms with van der Waals surface area (Å²) in [4.78, 5) is 13.1. The van der Waals surface area contributed by atoms with Crippen molar-refractivity contribution in [3.05, 3.63) is 23.3 Å². The van der Waals surface area contributed by atoms with Gasteiger partial charge < -0.3 is 10.5 Å². The normalized spacial score (nSPS) is 10.6. The number of anilines is 1. The van der Waals surface area contributed by atoms with Crippen molar-refractivity contribution in [1.82, 2.24) is 0 Å². The topological polar surface area (TPSA) is 55.6 Å². The summed E-state index contributed by atoms with van der Waals surface area (Å²) in [5.41, 5.74) is 8.85. The van der Waals surface area contributed by atoms with Gasteiger partial charge in [0.25, 0.3) is 0 Å². The molecule has 0 atom stereocenters. The van der Waals surface area contributed by atoms with Crippen LogP contribution in [0.25, 0.3) is 0 Å². The van der Waals surface area contributed by atoms with E-state index in [4.69, 9.17) is 18.3 Å². The highest BCUT2D eigenvalue weighted by atomic mass is 16.5. The molecule has 2 amide bonds. The van der Waals surface area contributed by atoms with Gasteiger partial charge in [-0.25, -0.2) is 4.79 Å². The minimum atomic E-state index is -0.479. The molecular formula is C15H23BN2O2. The molecular weight excluding hydrogens is 251 g/mol. The minimum absolute atomic E-state index is 0.446. The van der Waals surface area contributed by atoms with E-state index in [1.54, 1.807) is 0 Å². The Morgan fingerprint density at radius 3 is 2.40 bits per heavy atom. The summed E-state index contributed by atoms with van der Waals surface area (Å²) < 4.78 is 5.49. The molecule has 0 spiro atoms. The molecule has 0 fully saturated rings. The van der Waals surface area contributed by atoms with E-state index >= 15 is 0 Å². The fourth-order valence-corrected chi connectivity index (χ4v) is 1.98. The molecule has 5 heteroatoms. The van der Waals surface area contributed by atoms with E-state index in [-0.39, 0.29) is 0 Å². The summed E-state index contributed by atoms with van der Waals surface area (Å²) in [6, 6.07) is 3.27. The highest BCUT2D eigenvalue weighted by molar-refractivity contribution is 6.34.